The van der Waals surface area contributed by atoms with Crippen molar-refractivity contribution in [2.75, 3.05) is 33.8 Å². The monoisotopic (exact) mass is 646 g/mol. The van der Waals surface area contributed by atoms with Gasteiger partial charge in [-0.1, -0.05) is 44.2 Å². The third-order valence-electron chi connectivity index (χ3n) is 8.31. The maximum absolute atomic E-state index is 14.1. The number of ether oxygens (including phenoxy) is 1. The number of carbonyl (C=O) groups excluding carboxylic acids is 3. The Morgan fingerprint density at radius 2 is 1.84 bits per heavy atom. The number of rotatable bonds is 13. The summed E-state index contributed by atoms with van der Waals surface area (Å²) in [7, 11) is -2.14. The number of likely N-dealkylation sites (tertiary alicyclic amines) is 1. The number of hydrogen-bond donors (Lipinski definition) is 5. The first kappa shape index (κ1) is 35.2. The molecule has 2 amide bonds. The molecule has 246 valence electrons. The molecule has 3 rings (SSSR count). The summed E-state index contributed by atoms with van der Waals surface area (Å²) in [6, 6.07) is 9.82. The Morgan fingerprint density at radius 3 is 2.44 bits per heavy atom. The van der Waals surface area contributed by atoms with Crippen LogP contribution in [0.5, 0.6) is 0 Å². The zero-order valence-electron chi connectivity index (χ0n) is 25.9. The number of esters is 1. The van der Waals surface area contributed by atoms with E-state index in [4.69, 9.17) is 15.9 Å². The first-order chi connectivity index (χ1) is 21.1. The number of carboxylic acids is 1. The third kappa shape index (κ3) is 8.28. The number of piperidine rings is 1. The predicted octanol–water partition coefficient (Wildman–Crippen LogP) is 1.10. The molecule has 6 N–H and O–H groups in total. The molecule has 45 heavy (non-hydrogen) atoms. The van der Waals surface area contributed by atoms with Gasteiger partial charge >= 0.3 is 11.9 Å². The smallest absolute Gasteiger partial charge is 0.332 e. The lowest BCUT2D eigenvalue weighted by Gasteiger charge is -2.42. The number of nitrogens with two attached hydrogens (primary N) is 1. The third-order valence-corrected chi connectivity index (χ3v) is 9.78. The summed E-state index contributed by atoms with van der Waals surface area (Å²) < 4.78 is 34.5. The molecule has 0 radical (unpaired) electrons. The Hall–Kier alpha value is -4.24. The summed E-state index contributed by atoms with van der Waals surface area (Å²) >= 11 is 0. The fourth-order valence-corrected chi connectivity index (χ4v) is 6.95. The van der Waals surface area contributed by atoms with Gasteiger partial charge < -0.3 is 30.7 Å². The molecule has 1 fully saturated rings. The highest BCUT2D eigenvalue weighted by molar-refractivity contribution is 7.89. The molecule has 0 aliphatic carbocycles. The van der Waals surface area contributed by atoms with Gasteiger partial charge in [0.25, 0.3) is 0 Å². The van der Waals surface area contributed by atoms with Gasteiger partial charge in [0.1, 0.15) is 6.04 Å². The van der Waals surface area contributed by atoms with Crippen LogP contribution in [-0.4, -0.2) is 98.4 Å². The fraction of sp³-hybridized carbons (Fsp3) is 0.500. The van der Waals surface area contributed by atoms with Crippen LogP contribution in [0.3, 0.4) is 0 Å². The second-order valence-electron chi connectivity index (χ2n) is 11.6. The molecule has 0 aromatic heterocycles. The maximum Gasteiger partial charge on any atom is 0.332 e. The Labute approximate surface area is 262 Å². The minimum atomic E-state index is -4.40. The number of carboxylic acid groups (broad SMARTS) is 1. The van der Waals surface area contributed by atoms with Crippen LogP contribution >= 0.6 is 0 Å². The largest absolute Gasteiger partial charge is 0.481 e. The summed E-state index contributed by atoms with van der Waals surface area (Å²) in [5.41, 5.74) is 3.61. The van der Waals surface area contributed by atoms with Crippen molar-refractivity contribution in [3.8, 4) is 0 Å². The molecule has 0 saturated carbocycles. The molecule has 1 saturated heterocycles. The molecular formula is C30H42N6O8S. The fourth-order valence-electron chi connectivity index (χ4n) is 5.73. The molecule has 2 aromatic carbocycles. The van der Waals surface area contributed by atoms with Gasteiger partial charge in [-0.05, 0) is 47.6 Å². The molecule has 1 aliphatic heterocycles. The van der Waals surface area contributed by atoms with E-state index in [1.165, 1.54) is 19.2 Å². The topological polar surface area (TPSA) is 212 Å². The normalized spacial score (nSPS) is 17.3. The number of benzene rings is 2. The van der Waals surface area contributed by atoms with E-state index in [1.807, 2.05) is 12.1 Å². The molecular weight excluding hydrogens is 604 g/mol. The Balaban J connectivity index is 1.94. The quantitative estimate of drug-likeness (QED) is 0.119. The average Bonchev–Trinajstić information content (AvgIpc) is 3.00. The van der Waals surface area contributed by atoms with Crippen LogP contribution in [0.4, 0.5) is 0 Å². The standard InChI is InChI=1S/C30H42N6O8S/c1-19(2)30(16-26(38)39,28(41)44-4)35(3)27(40)24(15-25(37)33-17-20-8-7-13-36(18-20)29(31)32)34-45(42,43)23-12-11-21-9-5-6-10-22(21)14-23/h5-6,9-12,14,19-20,24,34H,7-8,13,15-18H2,1-4H3,(H3,31,32)(H,33,37)(H,38,39)/t20-,24-,30-/m0/s1. The van der Waals surface area contributed by atoms with Gasteiger partial charge in [-0.25, -0.2) is 13.2 Å². The summed E-state index contributed by atoms with van der Waals surface area (Å²) in [6.07, 6.45) is 0.0900. The number of nitrogens with zero attached hydrogens (tertiary/aromatic N) is 2. The highest BCUT2D eigenvalue weighted by Crippen LogP contribution is 2.31. The molecule has 0 bridgehead atoms. The van der Waals surface area contributed by atoms with Crippen molar-refractivity contribution < 1.29 is 37.4 Å². The number of aliphatic carboxylic acids is 1. The van der Waals surface area contributed by atoms with Gasteiger partial charge in [0.15, 0.2) is 11.5 Å². The lowest BCUT2D eigenvalue weighted by molar-refractivity contribution is -0.169. The zero-order chi connectivity index (χ0) is 33.5. The van der Waals surface area contributed by atoms with Crippen molar-refractivity contribution in [2.24, 2.45) is 17.6 Å². The van der Waals surface area contributed by atoms with Gasteiger partial charge in [0.2, 0.25) is 21.8 Å². The number of hydrogen-bond acceptors (Lipinski definition) is 8. The molecule has 14 nitrogen and oxygen atoms in total. The number of amides is 2. The molecule has 0 spiro atoms. The van der Waals surface area contributed by atoms with Crippen LogP contribution in [0.1, 0.15) is 39.5 Å². The number of methoxy groups -OCH3 is 1. The number of likely N-dealkylation sites (N-methyl/N-ethyl adjacent to an activating group) is 1. The van der Waals surface area contributed by atoms with Crippen LogP contribution in [-0.2, 0) is 33.9 Å². The molecule has 2 aromatic rings. The molecule has 1 heterocycles. The van der Waals surface area contributed by atoms with E-state index in [0.717, 1.165) is 30.2 Å². The second-order valence-corrected chi connectivity index (χ2v) is 13.3. The van der Waals surface area contributed by atoms with E-state index in [2.05, 4.69) is 10.0 Å². The summed E-state index contributed by atoms with van der Waals surface area (Å²) in [6.45, 7) is 4.38. The maximum atomic E-state index is 14.1. The van der Waals surface area contributed by atoms with Gasteiger partial charge in [0, 0.05) is 26.7 Å². The number of nitrogens with one attached hydrogen (secondary N) is 3. The Kier molecular flexibility index (Phi) is 11.5. The van der Waals surface area contributed by atoms with Crippen LogP contribution in [0.15, 0.2) is 47.4 Å². The molecule has 1 aliphatic rings. The van der Waals surface area contributed by atoms with Gasteiger partial charge in [0.05, 0.1) is 24.8 Å². The van der Waals surface area contributed by atoms with Crippen LogP contribution in [0.2, 0.25) is 0 Å². The SMILES string of the molecule is COC(=O)[C@](CC(=O)O)(C(C)C)N(C)C(=O)[C@H](CC(=O)NC[C@@H]1CCCN(C(=N)N)C1)NS(=O)(=O)c1ccc2ccccc2c1. The highest BCUT2D eigenvalue weighted by atomic mass is 32.2. The summed E-state index contributed by atoms with van der Waals surface area (Å²) in [4.78, 5) is 54.6. The van der Waals surface area contributed by atoms with Gasteiger partial charge in [-0.15, -0.1) is 0 Å². The van der Waals surface area contributed by atoms with Crippen LogP contribution in [0, 0.1) is 17.2 Å². The van der Waals surface area contributed by atoms with Crippen LogP contribution < -0.4 is 15.8 Å². The molecule has 15 heteroatoms. The van der Waals surface area contributed by atoms with Crippen molar-refractivity contribution in [3.05, 3.63) is 42.5 Å². The minimum Gasteiger partial charge on any atom is -0.481 e. The predicted molar refractivity (Wildman–Crippen MR) is 167 cm³/mol. The Morgan fingerprint density at radius 1 is 1.18 bits per heavy atom. The minimum absolute atomic E-state index is 0.0267. The number of guanidine groups is 1. The summed E-state index contributed by atoms with van der Waals surface area (Å²) in [5.74, 6) is -4.87. The zero-order valence-corrected chi connectivity index (χ0v) is 26.7. The van der Waals surface area contributed by atoms with Crippen molar-refractivity contribution in [1.82, 2.24) is 19.8 Å². The molecule has 3 atom stereocenters. The second kappa shape index (κ2) is 14.7. The van der Waals surface area contributed by atoms with Gasteiger partial charge in [-0.2, -0.15) is 4.72 Å². The lowest BCUT2D eigenvalue weighted by Crippen LogP contribution is -2.63. The summed E-state index contributed by atoms with van der Waals surface area (Å²) in [5, 5.41) is 21.5. The van der Waals surface area contributed by atoms with Gasteiger partial charge in [-0.3, -0.25) is 19.8 Å². The van der Waals surface area contributed by atoms with Crippen LogP contribution in [0.25, 0.3) is 10.8 Å². The lowest BCUT2D eigenvalue weighted by atomic mass is 9.81. The Bertz CT molecular complexity index is 1550. The van der Waals surface area contributed by atoms with E-state index in [9.17, 15) is 32.7 Å². The van der Waals surface area contributed by atoms with Crippen molar-refractivity contribution in [1.29, 1.82) is 5.41 Å². The van der Waals surface area contributed by atoms with E-state index >= 15 is 0 Å². The number of carbonyl (C=O) groups is 4. The van der Waals surface area contributed by atoms with E-state index in [-0.39, 0.29) is 23.3 Å². The molecule has 0 unspecified atom stereocenters. The number of fused-ring (bicyclic) bond motifs is 1. The van der Waals surface area contributed by atoms with Crippen molar-refractivity contribution >= 4 is 50.5 Å². The van der Waals surface area contributed by atoms with Crippen molar-refractivity contribution in [3.63, 3.8) is 0 Å². The van der Waals surface area contributed by atoms with E-state index < -0.39 is 64.1 Å². The van der Waals surface area contributed by atoms with E-state index in [0.29, 0.717) is 18.5 Å². The first-order valence-corrected chi connectivity index (χ1v) is 16.0. The van der Waals surface area contributed by atoms with Crippen molar-refractivity contribution in [2.45, 2.75) is 56.0 Å². The first-order valence-electron chi connectivity index (χ1n) is 14.6. The highest BCUT2D eigenvalue weighted by Gasteiger charge is 2.51. The van der Waals surface area contributed by atoms with E-state index in [1.54, 1.807) is 36.9 Å². The number of sulfonamides is 1. The average molecular weight is 647 g/mol.